The van der Waals surface area contributed by atoms with Crippen LogP contribution in [0.25, 0.3) is 0 Å². The second-order valence-corrected chi connectivity index (χ2v) is 6.89. The molecule has 106 valence electrons. The van der Waals surface area contributed by atoms with Gasteiger partial charge in [0, 0.05) is 6.04 Å². The quantitative estimate of drug-likeness (QED) is 0.897. The molecule has 0 unspecified atom stereocenters. The normalized spacial score (nSPS) is 16.5. The van der Waals surface area contributed by atoms with E-state index in [-0.39, 0.29) is 5.41 Å². The maximum atomic E-state index is 5.84. The molecule has 1 aromatic carbocycles. The Labute approximate surface area is 117 Å². The van der Waals surface area contributed by atoms with Crippen molar-refractivity contribution in [3.63, 3.8) is 0 Å². The summed E-state index contributed by atoms with van der Waals surface area (Å²) in [5.74, 6) is 0. The Kier molecular flexibility index (Phi) is 4.32. The van der Waals surface area contributed by atoms with Gasteiger partial charge in [0.15, 0.2) is 0 Å². The lowest BCUT2D eigenvalue weighted by molar-refractivity contribution is 0.134. The number of ether oxygens (including phenoxy) is 1. The SMILES string of the molecule is C[C@H](N)CCCc1cc(C(C)(C)C)cc2c1COC2. The molecule has 1 aliphatic rings. The Hall–Kier alpha value is -0.860. The number of hydrogen-bond donors (Lipinski definition) is 1. The summed E-state index contributed by atoms with van der Waals surface area (Å²) >= 11 is 0. The number of rotatable bonds is 4. The van der Waals surface area contributed by atoms with Crippen LogP contribution < -0.4 is 5.73 Å². The number of aryl methyl sites for hydroxylation is 1. The van der Waals surface area contributed by atoms with E-state index in [2.05, 4.69) is 39.8 Å². The van der Waals surface area contributed by atoms with Gasteiger partial charge in [-0.25, -0.2) is 0 Å². The molecule has 2 nitrogen and oxygen atoms in total. The fourth-order valence-corrected chi connectivity index (χ4v) is 2.65. The molecule has 0 spiro atoms. The Morgan fingerprint density at radius 1 is 1.26 bits per heavy atom. The first-order valence-corrected chi connectivity index (χ1v) is 7.36. The third kappa shape index (κ3) is 3.58. The molecule has 0 saturated carbocycles. The standard InChI is InChI=1S/C17H27NO/c1-12(18)6-5-7-13-8-15(17(2,3)4)9-14-10-19-11-16(13)14/h8-9,12H,5-7,10-11,18H2,1-4H3/t12-/m0/s1. The molecule has 19 heavy (non-hydrogen) atoms. The smallest absolute Gasteiger partial charge is 0.0727 e. The first kappa shape index (κ1) is 14.5. The van der Waals surface area contributed by atoms with E-state index in [4.69, 9.17) is 10.5 Å². The molecule has 0 aromatic heterocycles. The molecule has 0 radical (unpaired) electrons. The van der Waals surface area contributed by atoms with E-state index < -0.39 is 0 Å². The molecule has 0 saturated heterocycles. The molecule has 1 heterocycles. The molecular formula is C17H27NO. The second kappa shape index (κ2) is 5.64. The maximum absolute atomic E-state index is 5.84. The molecule has 0 amide bonds. The third-order valence-corrected chi connectivity index (χ3v) is 3.91. The van der Waals surface area contributed by atoms with Crippen molar-refractivity contribution in [3.8, 4) is 0 Å². The van der Waals surface area contributed by atoms with E-state index in [0.717, 1.165) is 32.5 Å². The average molecular weight is 261 g/mol. The molecule has 1 atom stereocenters. The van der Waals surface area contributed by atoms with E-state index in [0.29, 0.717) is 6.04 Å². The van der Waals surface area contributed by atoms with Crippen LogP contribution in [0.15, 0.2) is 12.1 Å². The lowest BCUT2D eigenvalue weighted by Gasteiger charge is -2.22. The highest BCUT2D eigenvalue weighted by Crippen LogP contribution is 2.32. The predicted octanol–water partition coefficient (Wildman–Crippen LogP) is 3.68. The van der Waals surface area contributed by atoms with Crippen molar-refractivity contribution in [2.24, 2.45) is 5.73 Å². The summed E-state index contributed by atoms with van der Waals surface area (Å²) in [5, 5.41) is 0. The van der Waals surface area contributed by atoms with Crippen LogP contribution in [0.3, 0.4) is 0 Å². The van der Waals surface area contributed by atoms with Crippen LogP contribution in [0.1, 0.15) is 62.8 Å². The van der Waals surface area contributed by atoms with E-state index in [9.17, 15) is 0 Å². The van der Waals surface area contributed by atoms with Gasteiger partial charge in [0.25, 0.3) is 0 Å². The minimum absolute atomic E-state index is 0.202. The van der Waals surface area contributed by atoms with Gasteiger partial charge in [-0.05, 0) is 53.9 Å². The van der Waals surface area contributed by atoms with E-state index in [1.54, 1.807) is 0 Å². The Morgan fingerprint density at radius 2 is 2.00 bits per heavy atom. The Morgan fingerprint density at radius 3 is 2.63 bits per heavy atom. The van der Waals surface area contributed by atoms with Gasteiger partial charge in [-0.15, -0.1) is 0 Å². The molecule has 0 bridgehead atoms. The molecule has 2 N–H and O–H groups in total. The van der Waals surface area contributed by atoms with Crippen molar-refractivity contribution < 1.29 is 4.74 Å². The van der Waals surface area contributed by atoms with Gasteiger partial charge in [0.05, 0.1) is 13.2 Å². The summed E-state index contributed by atoms with van der Waals surface area (Å²) in [4.78, 5) is 0. The summed E-state index contributed by atoms with van der Waals surface area (Å²) in [6.45, 7) is 10.5. The molecule has 2 heteroatoms. The fraction of sp³-hybridized carbons (Fsp3) is 0.647. The molecule has 0 aliphatic carbocycles. The van der Waals surface area contributed by atoms with Crippen LogP contribution in [0, 0.1) is 0 Å². The summed E-state index contributed by atoms with van der Waals surface area (Å²) in [7, 11) is 0. The molecule has 1 aromatic rings. The van der Waals surface area contributed by atoms with Gasteiger partial charge < -0.3 is 10.5 Å². The highest BCUT2D eigenvalue weighted by Gasteiger charge is 2.21. The molecular weight excluding hydrogens is 234 g/mol. The van der Waals surface area contributed by atoms with Gasteiger partial charge in [-0.3, -0.25) is 0 Å². The predicted molar refractivity (Wildman–Crippen MR) is 80.2 cm³/mol. The number of fused-ring (bicyclic) bond motifs is 1. The monoisotopic (exact) mass is 261 g/mol. The van der Waals surface area contributed by atoms with Gasteiger partial charge in [0.2, 0.25) is 0 Å². The summed E-state index contributed by atoms with van der Waals surface area (Å²) in [5.41, 5.74) is 11.8. The highest BCUT2D eigenvalue weighted by atomic mass is 16.5. The minimum atomic E-state index is 0.202. The van der Waals surface area contributed by atoms with Crippen molar-refractivity contribution in [2.45, 2.75) is 71.6 Å². The third-order valence-electron chi connectivity index (χ3n) is 3.91. The van der Waals surface area contributed by atoms with Crippen LogP contribution in [0.2, 0.25) is 0 Å². The number of hydrogen-bond acceptors (Lipinski definition) is 2. The lowest BCUT2D eigenvalue weighted by Crippen LogP contribution is -2.15. The average Bonchev–Trinajstić information content (AvgIpc) is 2.75. The zero-order valence-electron chi connectivity index (χ0n) is 12.8. The van der Waals surface area contributed by atoms with Crippen LogP contribution >= 0.6 is 0 Å². The van der Waals surface area contributed by atoms with E-state index >= 15 is 0 Å². The second-order valence-electron chi connectivity index (χ2n) is 6.89. The van der Waals surface area contributed by atoms with Crippen molar-refractivity contribution in [2.75, 3.05) is 0 Å². The van der Waals surface area contributed by atoms with Crippen LogP contribution in [0.5, 0.6) is 0 Å². The first-order valence-electron chi connectivity index (χ1n) is 7.36. The molecule has 1 aliphatic heterocycles. The van der Waals surface area contributed by atoms with E-state index in [1.807, 2.05) is 0 Å². The zero-order valence-corrected chi connectivity index (χ0v) is 12.8. The van der Waals surface area contributed by atoms with Crippen LogP contribution in [-0.2, 0) is 29.8 Å². The van der Waals surface area contributed by atoms with Crippen molar-refractivity contribution in [3.05, 3.63) is 34.4 Å². The topological polar surface area (TPSA) is 35.2 Å². The summed E-state index contributed by atoms with van der Waals surface area (Å²) in [6.07, 6.45) is 3.38. The van der Waals surface area contributed by atoms with Crippen LogP contribution in [0.4, 0.5) is 0 Å². The largest absolute Gasteiger partial charge is 0.372 e. The molecule has 0 fully saturated rings. The summed E-state index contributed by atoms with van der Waals surface area (Å²) < 4.78 is 5.63. The van der Waals surface area contributed by atoms with Crippen molar-refractivity contribution in [1.82, 2.24) is 0 Å². The number of nitrogens with two attached hydrogens (primary N) is 1. The van der Waals surface area contributed by atoms with Gasteiger partial charge in [-0.1, -0.05) is 32.9 Å². The minimum Gasteiger partial charge on any atom is -0.372 e. The number of benzene rings is 1. The van der Waals surface area contributed by atoms with E-state index in [1.165, 1.54) is 22.3 Å². The summed E-state index contributed by atoms with van der Waals surface area (Å²) in [6, 6.07) is 5.02. The van der Waals surface area contributed by atoms with Crippen molar-refractivity contribution in [1.29, 1.82) is 0 Å². The molecule has 2 rings (SSSR count). The highest BCUT2D eigenvalue weighted by molar-refractivity contribution is 5.42. The maximum Gasteiger partial charge on any atom is 0.0727 e. The Bertz CT molecular complexity index is 443. The van der Waals surface area contributed by atoms with Gasteiger partial charge in [0.1, 0.15) is 0 Å². The van der Waals surface area contributed by atoms with Crippen molar-refractivity contribution >= 4 is 0 Å². The van der Waals surface area contributed by atoms with Gasteiger partial charge >= 0.3 is 0 Å². The zero-order chi connectivity index (χ0) is 14.0. The fourth-order valence-electron chi connectivity index (χ4n) is 2.65. The Balaban J connectivity index is 2.23. The van der Waals surface area contributed by atoms with Crippen LogP contribution in [-0.4, -0.2) is 6.04 Å². The van der Waals surface area contributed by atoms with Gasteiger partial charge in [-0.2, -0.15) is 0 Å². The lowest BCUT2D eigenvalue weighted by atomic mass is 9.83. The first-order chi connectivity index (χ1) is 8.88.